The highest BCUT2D eigenvalue weighted by Crippen LogP contribution is 2.20. The van der Waals surface area contributed by atoms with Crippen molar-refractivity contribution in [1.82, 2.24) is 0 Å². The van der Waals surface area contributed by atoms with Crippen molar-refractivity contribution in [3.8, 4) is 5.75 Å². The summed E-state index contributed by atoms with van der Waals surface area (Å²) in [6, 6.07) is 14.7. The molecule has 0 aliphatic carbocycles. The monoisotopic (exact) mass is 397 g/mol. The van der Waals surface area contributed by atoms with Crippen molar-refractivity contribution in [3.05, 3.63) is 48.5 Å². The van der Waals surface area contributed by atoms with Crippen LogP contribution in [0.2, 0.25) is 0 Å². The molecule has 0 saturated carbocycles. The fourth-order valence-corrected chi connectivity index (χ4v) is 3.00. The molecule has 1 aliphatic rings. The zero-order valence-electron chi connectivity index (χ0n) is 16.8. The Kier molecular flexibility index (Phi) is 7.08. The average molecular weight is 397 g/mol. The number of ether oxygens (including phenoxy) is 2. The van der Waals surface area contributed by atoms with Crippen molar-refractivity contribution in [1.29, 1.82) is 0 Å². The van der Waals surface area contributed by atoms with Gasteiger partial charge in [-0.3, -0.25) is 9.59 Å². The summed E-state index contributed by atoms with van der Waals surface area (Å²) in [5.41, 5.74) is 2.28. The number of benzene rings is 2. The van der Waals surface area contributed by atoms with Crippen LogP contribution >= 0.6 is 0 Å². The van der Waals surface area contributed by atoms with E-state index in [4.69, 9.17) is 9.47 Å². The van der Waals surface area contributed by atoms with E-state index in [0.717, 1.165) is 30.8 Å². The van der Waals surface area contributed by atoms with Gasteiger partial charge in [-0.25, -0.2) is 0 Å². The van der Waals surface area contributed by atoms with E-state index in [1.165, 1.54) is 6.92 Å². The number of nitrogens with one attached hydrogen (secondary N) is 2. The Bertz CT molecular complexity index is 832. The smallest absolute Gasteiger partial charge is 0.243 e. The predicted molar refractivity (Wildman–Crippen MR) is 114 cm³/mol. The molecule has 2 amide bonds. The first-order valence-electron chi connectivity index (χ1n) is 9.74. The molecule has 7 nitrogen and oxygen atoms in total. The van der Waals surface area contributed by atoms with E-state index < -0.39 is 0 Å². The first-order valence-corrected chi connectivity index (χ1v) is 9.74. The summed E-state index contributed by atoms with van der Waals surface area (Å²) >= 11 is 0. The highest BCUT2D eigenvalue weighted by atomic mass is 16.5. The summed E-state index contributed by atoms with van der Waals surface area (Å²) in [5.74, 6) is 0.509. The number of hydrogen-bond donors (Lipinski definition) is 2. The van der Waals surface area contributed by atoms with Crippen LogP contribution in [0.5, 0.6) is 5.75 Å². The van der Waals surface area contributed by atoms with Gasteiger partial charge in [0.2, 0.25) is 11.8 Å². The molecular formula is C22H27N3O4. The standard InChI is InChI=1S/C22H27N3O4/c1-16(26)25(2)19-10-8-17(9-11-19)23-14-22(27)24-18-5-3-6-20(13-18)29-15-21-7-4-12-28-21/h3,5-6,8-11,13,21,23H,4,7,12,14-15H2,1-2H3,(H,24,27). The molecule has 29 heavy (non-hydrogen) atoms. The molecule has 2 aromatic carbocycles. The van der Waals surface area contributed by atoms with E-state index in [0.29, 0.717) is 18.0 Å². The SMILES string of the molecule is CC(=O)N(C)c1ccc(NCC(=O)Nc2cccc(OCC3CCCO3)c2)cc1. The van der Waals surface area contributed by atoms with Gasteiger partial charge in [0.15, 0.2) is 0 Å². The molecule has 3 rings (SSSR count). The fraction of sp³-hybridized carbons (Fsp3) is 0.364. The van der Waals surface area contributed by atoms with Gasteiger partial charge < -0.3 is 25.0 Å². The number of carbonyl (C=O) groups excluding carboxylic acids is 2. The van der Waals surface area contributed by atoms with Crippen molar-refractivity contribution in [2.75, 3.05) is 42.3 Å². The van der Waals surface area contributed by atoms with E-state index in [9.17, 15) is 9.59 Å². The van der Waals surface area contributed by atoms with Crippen LogP contribution in [0.25, 0.3) is 0 Å². The maximum absolute atomic E-state index is 12.2. The number of amides is 2. The quantitative estimate of drug-likeness (QED) is 0.715. The van der Waals surface area contributed by atoms with Crippen LogP contribution in [0.4, 0.5) is 17.1 Å². The lowest BCUT2D eigenvalue weighted by Crippen LogP contribution is -2.23. The van der Waals surface area contributed by atoms with E-state index in [-0.39, 0.29) is 24.5 Å². The molecule has 1 unspecified atom stereocenters. The van der Waals surface area contributed by atoms with Crippen molar-refractivity contribution < 1.29 is 19.1 Å². The number of anilines is 3. The Hall–Kier alpha value is -3.06. The number of carbonyl (C=O) groups is 2. The molecule has 1 aliphatic heterocycles. The second-order valence-corrected chi connectivity index (χ2v) is 7.00. The molecule has 1 saturated heterocycles. The van der Waals surface area contributed by atoms with Gasteiger partial charge in [-0.05, 0) is 49.2 Å². The Labute approximate surface area is 171 Å². The van der Waals surface area contributed by atoms with Crippen molar-refractivity contribution >= 4 is 28.9 Å². The van der Waals surface area contributed by atoms with Crippen LogP contribution in [0, 0.1) is 0 Å². The number of hydrogen-bond acceptors (Lipinski definition) is 5. The van der Waals surface area contributed by atoms with Gasteiger partial charge in [-0.1, -0.05) is 6.07 Å². The molecule has 154 valence electrons. The Morgan fingerprint density at radius 3 is 2.66 bits per heavy atom. The lowest BCUT2D eigenvalue weighted by molar-refractivity contribution is -0.116. The molecule has 7 heteroatoms. The molecule has 1 atom stereocenters. The third kappa shape index (κ3) is 6.22. The zero-order chi connectivity index (χ0) is 20.6. The van der Waals surface area contributed by atoms with Gasteiger partial charge in [-0.2, -0.15) is 0 Å². The van der Waals surface area contributed by atoms with Crippen molar-refractivity contribution in [3.63, 3.8) is 0 Å². The van der Waals surface area contributed by atoms with Gasteiger partial charge in [0.05, 0.1) is 12.6 Å². The Balaban J connectivity index is 1.46. The minimum Gasteiger partial charge on any atom is -0.491 e. The molecule has 2 aromatic rings. The second-order valence-electron chi connectivity index (χ2n) is 7.00. The number of nitrogens with zero attached hydrogens (tertiary/aromatic N) is 1. The van der Waals surface area contributed by atoms with E-state index >= 15 is 0 Å². The molecule has 2 N–H and O–H groups in total. The normalized spacial score (nSPS) is 15.6. The van der Waals surface area contributed by atoms with Crippen molar-refractivity contribution in [2.45, 2.75) is 25.9 Å². The van der Waals surface area contributed by atoms with Crippen molar-refractivity contribution in [2.24, 2.45) is 0 Å². The van der Waals surface area contributed by atoms with Crippen LogP contribution in [-0.4, -0.2) is 44.7 Å². The molecular weight excluding hydrogens is 370 g/mol. The van der Waals surface area contributed by atoms with Gasteiger partial charge in [0.25, 0.3) is 0 Å². The molecule has 0 radical (unpaired) electrons. The third-order valence-corrected chi connectivity index (χ3v) is 4.76. The van der Waals surface area contributed by atoms with Crippen LogP contribution in [0.15, 0.2) is 48.5 Å². The van der Waals surface area contributed by atoms with E-state index in [2.05, 4.69) is 10.6 Å². The average Bonchev–Trinajstić information content (AvgIpc) is 3.24. The van der Waals surface area contributed by atoms with Gasteiger partial charge in [0, 0.05) is 43.7 Å². The second kappa shape index (κ2) is 9.93. The number of rotatable bonds is 8. The highest BCUT2D eigenvalue weighted by molar-refractivity contribution is 5.94. The minimum atomic E-state index is -0.161. The summed E-state index contributed by atoms with van der Waals surface area (Å²) in [7, 11) is 1.72. The lowest BCUT2D eigenvalue weighted by Gasteiger charge is -2.15. The molecule has 0 aromatic heterocycles. The largest absolute Gasteiger partial charge is 0.491 e. The fourth-order valence-electron chi connectivity index (χ4n) is 3.00. The van der Waals surface area contributed by atoms with Crippen LogP contribution < -0.4 is 20.3 Å². The molecule has 0 spiro atoms. The summed E-state index contributed by atoms with van der Waals surface area (Å²) in [5, 5.41) is 5.93. The summed E-state index contributed by atoms with van der Waals surface area (Å²) in [6.07, 6.45) is 2.25. The summed E-state index contributed by atoms with van der Waals surface area (Å²) in [4.78, 5) is 25.2. The van der Waals surface area contributed by atoms with Crippen LogP contribution in [0.1, 0.15) is 19.8 Å². The summed E-state index contributed by atoms with van der Waals surface area (Å²) < 4.78 is 11.3. The molecule has 1 fully saturated rings. The Morgan fingerprint density at radius 2 is 1.97 bits per heavy atom. The highest BCUT2D eigenvalue weighted by Gasteiger charge is 2.16. The van der Waals surface area contributed by atoms with Gasteiger partial charge in [0.1, 0.15) is 12.4 Å². The van der Waals surface area contributed by atoms with Crippen LogP contribution in [0.3, 0.4) is 0 Å². The predicted octanol–water partition coefficient (Wildman–Crippen LogP) is 3.28. The van der Waals surface area contributed by atoms with E-state index in [1.54, 1.807) is 18.0 Å². The zero-order valence-corrected chi connectivity index (χ0v) is 16.8. The van der Waals surface area contributed by atoms with E-state index in [1.807, 2.05) is 42.5 Å². The maximum Gasteiger partial charge on any atom is 0.243 e. The van der Waals surface area contributed by atoms with Gasteiger partial charge >= 0.3 is 0 Å². The lowest BCUT2D eigenvalue weighted by atomic mass is 10.2. The molecule has 0 bridgehead atoms. The first kappa shape index (κ1) is 20.7. The molecule has 1 heterocycles. The van der Waals surface area contributed by atoms with Gasteiger partial charge in [-0.15, -0.1) is 0 Å². The first-order chi connectivity index (χ1) is 14.0. The topological polar surface area (TPSA) is 79.9 Å². The minimum absolute atomic E-state index is 0.0351. The Morgan fingerprint density at radius 1 is 1.17 bits per heavy atom. The maximum atomic E-state index is 12.2. The summed E-state index contributed by atoms with van der Waals surface area (Å²) in [6.45, 7) is 2.96. The van der Waals surface area contributed by atoms with Crippen LogP contribution in [-0.2, 0) is 14.3 Å². The third-order valence-electron chi connectivity index (χ3n) is 4.76.